The van der Waals surface area contributed by atoms with Gasteiger partial charge in [0.05, 0.1) is 10.6 Å². The van der Waals surface area contributed by atoms with Gasteiger partial charge in [0.2, 0.25) is 0 Å². The van der Waals surface area contributed by atoms with E-state index in [9.17, 15) is 5.11 Å². The molecule has 2 rings (SSSR count). The lowest BCUT2D eigenvalue weighted by atomic mass is 9.80. The molecule has 3 nitrogen and oxygen atoms in total. The van der Waals surface area contributed by atoms with Crippen molar-refractivity contribution in [1.29, 1.82) is 0 Å². The molecule has 0 spiro atoms. The molecule has 1 aliphatic rings. The van der Waals surface area contributed by atoms with Crippen molar-refractivity contribution in [2.45, 2.75) is 24.9 Å². The Hall–Kier alpha value is -0.800. The van der Waals surface area contributed by atoms with E-state index in [4.69, 9.17) is 11.6 Å². The van der Waals surface area contributed by atoms with Crippen molar-refractivity contribution < 1.29 is 5.11 Å². The first-order chi connectivity index (χ1) is 6.68. The van der Waals surface area contributed by atoms with Crippen molar-refractivity contribution in [3.8, 4) is 0 Å². The molecule has 0 atom stereocenters. The Bertz CT molecular complexity index is 308. The third kappa shape index (κ3) is 2.16. The SMILES string of the molecule is OC1(CNc2ccc(Cl)cn2)CCC1. The monoisotopic (exact) mass is 212 g/mol. The topological polar surface area (TPSA) is 45.1 Å². The van der Waals surface area contributed by atoms with Crippen molar-refractivity contribution in [2.24, 2.45) is 0 Å². The lowest BCUT2D eigenvalue weighted by Gasteiger charge is -2.36. The second-order valence-electron chi connectivity index (χ2n) is 3.79. The van der Waals surface area contributed by atoms with Gasteiger partial charge in [0.1, 0.15) is 5.82 Å². The highest BCUT2D eigenvalue weighted by Gasteiger charge is 2.33. The van der Waals surface area contributed by atoms with E-state index in [0.717, 1.165) is 25.1 Å². The Morgan fingerprint density at radius 3 is 2.79 bits per heavy atom. The zero-order chi connectivity index (χ0) is 10.0. The minimum atomic E-state index is -0.513. The van der Waals surface area contributed by atoms with Crippen LogP contribution in [0.4, 0.5) is 5.82 Å². The molecule has 76 valence electrons. The summed E-state index contributed by atoms with van der Waals surface area (Å²) in [6, 6.07) is 3.59. The Balaban J connectivity index is 1.88. The zero-order valence-electron chi connectivity index (χ0n) is 7.83. The Morgan fingerprint density at radius 1 is 1.50 bits per heavy atom. The predicted octanol–water partition coefficient (Wildman–Crippen LogP) is 2.06. The second-order valence-corrected chi connectivity index (χ2v) is 4.23. The Kier molecular flexibility index (Phi) is 2.61. The summed E-state index contributed by atoms with van der Waals surface area (Å²) in [6.07, 6.45) is 4.47. The molecule has 4 heteroatoms. The summed E-state index contributed by atoms with van der Waals surface area (Å²) in [7, 11) is 0. The van der Waals surface area contributed by atoms with E-state index in [-0.39, 0.29) is 0 Å². The van der Waals surface area contributed by atoms with Gasteiger partial charge >= 0.3 is 0 Å². The summed E-state index contributed by atoms with van der Waals surface area (Å²) < 4.78 is 0. The normalized spacial score (nSPS) is 18.7. The van der Waals surface area contributed by atoms with Gasteiger partial charge < -0.3 is 10.4 Å². The molecule has 2 N–H and O–H groups in total. The molecule has 0 amide bonds. The van der Waals surface area contributed by atoms with Crippen LogP contribution in [-0.4, -0.2) is 22.2 Å². The standard InChI is InChI=1S/C10H13ClN2O/c11-8-2-3-9(12-6-8)13-7-10(14)4-1-5-10/h2-3,6,14H,1,4-5,7H2,(H,12,13). The van der Waals surface area contributed by atoms with Gasteiger partial charge in [-0.3, -0.25) is 0 Å². The van der Waals surface area contributed by atoms with Crippen molar-refractivity contribution >= 4 is 17.4 Å². The van der Waals surface area contributed by atoms with Crippen LogP contribution in [0.15, 0.2) is 18.3 Å². The number of rotatable bonds is 3. The minimum absolute atomic E-state index is 0.513. The average molecular weight is 213 g/mol. The fourth-order valence-electron chi connectivity index (χ4n) is 1.50. The van der Waals surface area contributed by atoms with Crippen molar-refractivity contribution in [2.75, 3.05) is 11.9 Å². The molecular formula is C10H13ClN2O. The van der Waals surface area contributed by atoms with Crippen LogP contribution in [0, 0.1) is 0 Å². The van der Waals surface area contributed by atoms with E-state index < -0.39 is 5.60 Å². The van der Waals surface area contributed by atoms with Crippen LogP contribution in [0.5, 0.6) is 0 Å². The number of halogens is 1. The number of pyridine rings is 1. The van der Waals surface area contributed by atoms with Crippen LogP contribution >= 0.6 is 11.6 Å². The van der Waals surface area contributed by atoms with Crippen LogP contribution in [0.3, 0.4) is 0 Å². The van der Waals surface area contributed by atoms with E-state index >= 15 is 0 Å². The quantitative estimate of drug-likeness (QED) is 0.806. The molecule has 1 fully saturated rings. The van der Waals surface area contributed by atoms with Gasteiger partial charge in [-0.2, -0.15) is 0 Å². The van der Waals surface area contributed by atoms with Crippen LogP contribution < -0.4 is 5.32 Å². The molecule has 0 aliphatic heterocycles. The second kappa shape index (κ2) is 3.75. The number of nitrogens with one attached hydrogen (secondary N) is 1. The maximum absolute atomic E-state index is 9.81. The highest BCUT2D eigenvalue weighted by molar-refractivity contribution is 6.30. The number of aromatic nitrogens is 1. The van der Waals surface area contributed by atoms with Crippen LogP contribution in [0.2, 0.25) is 5.02 Å². The summed E-state index contributed by atoms with van der Waals surface area (Å²) in [4.78, 5) is 4.09. The molecule has 1 aromatic rings. The largest absolute Gasteiger partial charge is 0.388 e. The van der Waals surface area contributed by atoms with E-state index in [1.54, 1.807) is 12.3 Å². The lowest BCUT2D eigenvalue weighted by molar-refractivity contribution is -0.0202. The molecule has 1 saturated carbocycles. The first kappa shape index (κ1) is 9.74. The Morgan fingerprint density at radius 2 is 2.29 bits per heavy atom. The zero-order valence-corrected chi connectivity index (χ0v) is 8.59. The smallest absolute Gasteiger partial charge is 0.126 e. The first-order valence-corrected chi connectivity index (χ1v) is 5.14. The van der Waals surface area contributed by atoms with Crippen LogP contribution in [0.1, 0.15) is 19.3 Å². The van der Waals surface area contributed by atoms with Gasteiger partial charge in [-0.05, 0) is 31.4 Å². The number of anilines is 1. The maximum Gasteiger partial charge on any atom is 0.126 e. The number of nitrogens with zero attached hydrogens (tertiary/aromatic N) is 1. The molecule has 14 heavy (non-hydrogen) atoms. The van der Waals surface area contributed by atoms with E-state index in [2.05, 4.69) is 10.3 Å². The lowest BCUT2D eigenvalue weighted by Crippen LogP contribution is -2.43. The first-order valence-electron chi connectivity index (χ1n) is 4.76. The molecule has 0 unspecified atom stereocenters. The average Bonchev–Trinajstić information content (AvgIpc) is 2.14. The molecule has 1 aromatic heterocycles. The highest BCUT2D eigenvalue weighted by atomic mass is 35.5. The van der Waals surface area contributed by atoms with E-state index in [0.29, 0.717) is 11.6 Å². The van der Waals surface area contributed by atoms with Crippen molar-refractivity contribution in [3.05, 3.63) is 23.4 Å². The van der Waals surface area contributed by atoms with Gasteiger partial charge in [-0.1, -0.05) is 11.6 Å². The summed E-state index contributed by atoms with van der Waals surface area (Å²) >= 11 is 5.70. The summed E-state index contributed by atoms with van der Waals surface area (Å²) in [5.41, 5.74) is -0.513. The van der Waals surface area contributed by atoms with Crippen LogP contribution in [-0.2, 0) is 0 Å². The van der Waals surface area contributed by atoms with Crippen LogP contribution in [0.25, 0.3) is 0 Å². The van der Waals surface area contributed by atoms with Gasteiger partial charge in [0, 0.05) is 12.7 Å². The highest BCUT2D eigenvalue weighted by Crippen LogP contribution is 2.31. The van der Waals surface area contributed by atoms with Crippen molar-refractivity contribution in [1.82, 2.24) is 4.98 Å². The number of aliphatic hydroxyl groups is 1. The molecular weight excluding hydrogens is 200 g/mol. The fourth-order valence-corrected chi connectivity index (χ4v) is 1.61. The maximum atomic E-state index is 9.81. The van der Waals surface area contributed by atoms with Gasteiger partial charge in [-0.25, -0.2) is 4.98 Å². The van der Waals surface area contributed by atoms with E-state index in [1.165, 1.54) is 0 Å². The molecule has 0 radical (unpaired) electrons. The number of hydrogen-bond acceptors (Lipinski definition) is 3. The van der Waals surface area contributed by atoms with Gasteiger partial charge in [0.25, 0.3) is 0 Å². The Labute approximate surface area is 88.1 Å². The molecule has 0 saturated heterocycles. The van der Waals surface area contributed by atoms with Gasteiger partial charge in [-0.15, -0.1) is 0 Å². The predicted molar refractivity (Wildman–Crippen MR) is 56.5 cm³/mol. The summed E-state index contributed by atoms with van der Waals surface area (Å²) in [6.45, 7) is 0.571. The number of hydrogen-bond donors (Lipinski definition) is 2. The molecule has 1 heterocycles. The van der Waals surface area contributed by atoms with E-state index in [1.807, 2.05) is 6.07 Å². The third-order valence-electron chi connectivity index (χ3n) is 2.61. The molecule has 1 aliphatic carbocycles. The molecule has 0 bridgehead atoms. The molecule has 0 aromatic carbocycles. The minimum Gasteiger partial charge on any atom is -0.388 e. The summed E-state index contributed by atoms with van der Waals surface area (Å²) in [5.74, 6) is 0.759. The third-order valence-corrected chi connectivity index (χ3v) is 2.83. The van der Waals surface area contributed by atoms with Gasteiger partial charge in [0.15, 0.2) is 0 Å². The van der Waals surface area contributed by atoms with Crippen molar-refractivity contribution in [3.63, 3.8) is 0 Å². The summed E-state index contributed by atoms with van der Waals surface area (Å²) in [5, 5.41) is 13.5. The fraction of sp³-hybridized carbons (Fsp3) is 0.500.